The van der Waals surface area contributed by atoms with Gasteiger partial charge in [0.25, 0.3) is 0 Å². The number of benzene rings is 2. The number of ether oxygens (including phenoxy) is 1. The summed E-state index contributed by atoms with van der Waals surface area (Å²) in [6.45, 7) is 2.18. The fourth-order valence-corrected chi connectivity index (χ4v) is 4.76. The molecule has 0 atom stereocenters. The molecule has 0 unspecified atom stereocenters. The van der Waals surface area contributed by atoms with Crippen molar-refractivity contribution in [3.05, 3.63) is 54.4 Å². The fourth-order valence-electron chi connectivity index (χ4n) is 4.76. The predicted octanol–water partition coefficient (Wildman–Crippen LogP) is 4.31. The lowest BCUT2D eigenvalue weighted by Crippen LogP contribution is -2.48. The first-order valence-corrected chi connectivity index (χ1v) is 11.5. The van der Waals surface area contributed by atoms with Crippen LogP contribution in [0.5, 0.6) is 11.5 Å². The summed E-state index contributed by atoms with van der Waals surface area (Å²) in [5.41, 5.74) is 3.81. The molecule has 2 aromatic heterocycles. The molecule has 8 heteroatoms. The minimum atomic E-state index is -0.945. The monoisotopic (exact) mass is 459 g/mol. The molecule has 0 bridgehead atoms. The molecule has 0 amide bonds. The van der Waals surface area contributed by atoms with Crippen LogP contribution in [-0.4, -0.2) is 62.4 Å². The zero-order valence-corrected chi connectivity index (χ0v) is 19.2. The molecule has 4 aromatic rings. The average Bonchev–Trinajstić information content (AvgIpc) is 3.41. The van der Waals surface area contributed by atoms with Gasteiger partial charge in [-0.3, -0.25) is 9.58 Å². The number of phenols is 1. The number of methoxy groups -OCH3 is 1. The predicted molar refractivity (Wildman–Crippen MR) is 128 cm³/mol. The Morgan fingerprint density at radius 1 is 1.09 bits per heavy atom. The first kappa shape index (κ1) is 21.0. The third-order valence-corrected chi connectivity index (χ3v) is 6.88. The molecule has 1 aliphatic heterocycles. The van der Waals surface area contributed by atoms with Gasteiger partial charge >= 0.3 is 0 Å². The van der Waals surface area contributed by atoms with Crippen LogP contribution < -0.4 is 4.74 Å². The van der Waals surface area contributed by atoms with Gasteiger partial charge in [-0.25, -0.2) is 4.39 Å². The third-order valence-electron chi connectivity index (χ3n) is 6.88. The average molecular weight is 460 g/mol. The molecule has 174 valence electrons. The normalized spacial score (nSPS) is 17.6. The molecule has 1 saturated carbocycles. The number of hydrogen-bond acceptors (Lipinski definition) is 6. The van der Waals surface area contributed by atoms with Gasteiger partial charge in [0.05, 0.1) is 18.5 Å². The Kier molecular flexibility index (Phi) is 4.81. The Labute approximate surface area is 196 Å². The molecule has 7 nitrogen and oxygen atoms in total. The van der Waals surface area contributed by atoms with Crippen LogP contribution in [-0.2, 0) is 7.05 Å². The van der Waals surface area contributed by atoms with Crippen LogP contribution in [0.3, 0.4) is 0 Å². The summed E-state index contributed by atoms with van der Waals surface area (Å²) in [7, 11) is 3.50. The maximum Gasteiger partial charge on any atom is 0.147 e. The number of aromatic hydroxyl groups is 1. The van der Waals surface area contributed by atoms with E-state index in [0.717, 1.165) is 40.8 Å². The van der Waals surface area contributed by atoms with Gasteiger partial charge in [-0.1, -0.05) is 6.07 Å². The van der Waals surface area contributed by atoms with Crippen LogP contribution in [0.2, 0.25) is 0 Å². The lowest BCUT2D eigenvalue weighted by atomic mass is 9.95. The highest BCUT2D eigenvalue weighted by Crippen LogP contribution is 2.42. The quantitative estimate of drug-likeness (QED) is 0.463. The van der Waals surface area contributed by atoms with Crippen molar-refractivity contribution < 1.29 is 14.2 Å². The highest BCUT2D eigenvalue weighted by Gasteiger charge is 2.46. The first-order chi connectivity index (χ1) is 16.4. The van der Waals surface area contributed by atoms with Gasteiger partial charge < -0.3 is 9.84 Å². The number of rotatable bonds is 6. The van der Waals surface area contributed by atoms with E-state index in [9.17, 15) is 9.50 Å². The van der Waals surface area contributed by atoms with Gasteiger partial charge in [0.15, 0.2) is 0 Å². The van der Waals surface area contributed by atoms with Crippen LogP contribution >= 0.6 is 0 Å². The number of likely N-dealkylation sites (tertiary alicyclic amines) is 1. The van der Waals surface area contributed by atoms with E-state index in [2.05, 4.69) is 20.2 Å². The lowest BCUT2D eigenvalue weighted by Gasteiger charge is -2.39. The number of alkyl halides is 1. The van der Waals surface area contributed by atoms with E-state index in [1.54, 1.807) is 17.9 Å². The van der Waals surface area contributed by atoms with Crippen molar-refractivity contribution in [1.82, 2.24) is 24.9 Å². The number of hydrogen-bond donors (Lipinski definition) is 1. The van der Waals surface area contributed by atoms with E-state index in [1.165, 1.54) is 0 Å². The van der Waals surface area contributed by atoms with E-state index >= 15 is 0 Å². The summed E-state index contributed by atoms with van der Waals surface area (Å²) in [5.74, 6) is 1.11. The Hall–Kier alpha value is -3.52. The fraction of sp³-hybridized carbons (Fsp3) is 0.346. The molecule has 1 N–H and O–H groups in total. The van der Waals surface area contributed by atoms with Gasteiger partial charge in [-0.05, 0) is 60.4 Å². The van der Waals surface area contributed by atoms with Crippen molar-refractivity contribution in [2.45, 2.75) is 24.4 Å². The number of halogens is 1. The SMILES string of the molecule is COc1cc(-c2ccc(-c3ccc(C4CN(CC5(F)CC5)C4)nn3)c(O)c2)cc2cn(C)nc12. The Bertz CT molecular complexity index is 1370. The third kappa shape index (κ3) is 3.77. The van der Waals surface area contributed by atoms with Crippen LogP contribution in [0, 0.1) is 0 Å². The molecule has 2 aromatic carbocycles. The smallest absolute Gasteiger partial charge is 0.147 e. The summed E-state index contributed by atoms with van der Waals surface area (Å²) in [6.07, 6.45) is 3.32. The van der Waals surface area contributed by atoms with E-state index < -0.39 is 5.67 Å². The molecular weight excluding hydrogens is 433 g/mol. The van der Waals surface area contributed by atoms with Crippen molar-refractivity contribution in [2.75, 3.05) is 26.7 Å². The van der Waals surface area contributed by atoms with Crippen molar-refractivity contribution in [3.63, 3.8) is 0 Å². The van der Waals surface area contributed by atoms with Crippen molar-refractivity contribution in [1.29, 1.82) is 0 Å². The molecule has 1 aliphatic carbocycles. The Balaban J connectivity index is 1.21. The highest BCUT2D eigenvalue weighted by molar-refractivity contribution is 5.90. The molecule has 34 heavy (non-hydrogen) atoms. The second kappa shape index (κ2) is 7.77. The Morgan fingerprint density at radius 2 is 1.91 bits per heavy atom. The number of fused-ring (bicyclic) bond motifs is 1. The molecule has 1 saturated heterocycles. The van der Waals surface area contributed by atoms with Crippen LogP contribution in [0.15, 0.2) is 48.7 Å². The number of aryl methyl sites for hydroxylation is 1. The van der Waals surface area contributed by atoms with Gasteiger partial charge in [-0.15, -0.1) is 0 Å². The molecular formula is C26H26FN5O2. The summed E-state index contributed by atoms with van der Waals surface area (Å²) < 4.78 is 21.2. The van der Waals surface area contributed by atoms with E-state index in [0.29, 0.717) is 36.4 Å². The zero-order valence-electron chi connectivity index (χ0n) is 19.2. The van der Waals surface area contributed by atoms with Crippen LogP contribution in [0.25, 0.3) is 33.3 Å². The second-order valence-electron chi connectivity index (χ2n) is 9.54. The van der Waals surface area contributed by atoms with Crippen LogP contribution in [0.1, 0.15) is 24.5 Å². The first-order valence-electron chi connectivity index (χ1n) is 11.5. The maximum atomic E-state index is 13.9. The Morgan fingerprint density at radius 3 is 2.59 bits per heavy atom. The summed E-state index contributed by atoms with van der Waals surface area (Å²) in [6, 6.07) is 13.4. The van der Waals surface area contributed by atoms with Gasteiger partial charge in [0.2, 0.25) is 0 Å². The van der Waals surface area contributed by atoms with E-state index in [1.807, 2.05) is 49.6 Å². The number of phenolic OH excluding ortho intramolecular Hbond substituents is 1. The zero-order chi connectivity index (χ0) is 23.4. The van der Waals surface area contributed by atoms with E-state index in [-0.39, 0.29) is 11.7 Å². The summed E-state index contributed by atoms with van der Waals surface area (Å²) in [5, 5.41) is 25.0. The summed E-state index contributed by atoms with van der Waals surface area (Å²) in [4.78, 5) is 2.15. The largest absolute Gasteiger partial charge is 0.507 e. The number of nitrogens with zero attached hydrogens (tertiary/aromatic N) is 5. The molecule has 2 fully saturated rings. The highest BCUT2D eigenvalue weighted by atomic mass is 19.1. The summed E-state index contributed by atoms with van der Waals surface area (Å²) >= 11 is 0. The standard InChI is InChI=1S/C26H26FN5O2/c1-31-12-18-9-17(11-24(34-2)25(18)30-31)16-3-4-20(23(33)10-16)22-6-5-21(28-29-22)19-13-32(14-19)15-26(27)7-8-26/h3-6,9-12,19,33H,7-8,13-15H2,1-2H3. The van der Waals surface area contributed by atoms with Gasteiger partial charge in [-0.2, -0.15) is 15.3 Å². The van der Waals surface area contributed by atoms with Gasteiger partial charge in [0.1, 0.15) is 22.7 Å². The maximum absolute atomic E-state index is 13.9. The molecule has 3 heterocycles. The van der Waals surface area contributed by atoms with Crippen molar-refractivity contribution in [2.24, 2.45) is 7.05 Å². The molecule has 6 rings (SSSR count). The van der Waals surface area contributed by atoms with Gasteiger partial charge in [0, 0.05) is 49.7 Å². The van der Waals surface area contributed by atoms with Crippen LogP contribution in [0.4, 0.5) is 4.39 Å². The lowest BCUT2D eigenvalue weighted by molar-refractivity contribution is 0.0957. The van der Waals surface area contributed by atoms with Crippen molar-refractivity contribution in [3.8, 4) is 33.9 Å². The molecule has 0 spiro atoms. The molecule has 2 aliphatic rings. The topological polar surface area (TPSA) is 76.3 Å². The van der Waals surface area contributed by atoms with Crippen molar-refractivity contribution >= 4 is 10.9 Å². The minimum Gasteiger partial charge on any atom is -0.507 e. The molecule has 0 radical (unpaired) electrons. The second-order valence-corrected chi connectivity index (χ2v) is 9.54. The minimum absolute atomic E-state index is 0.136. The van der Waals surface area contributed by atoms with E-state index in [4.69, 9.17) is 4.74 Å². The number of aromatic nitrogens is 4.